The zero-order chi connectivity index (χ0) is 20.3. The highest BCUT2D eigenvalue weighted by molar-refractivity contribution is 6.31. The van der Waals surface area contributed by atoms with Crippen LogP contribution in [-0.4, -0.2) is 30.1 Å². The molecule has 2 aromatic carbocycles. The molecule has 1 N–H and O–H groups in total. The Kier molecular flexibility index (Phi) is 5.94. The molecule has 8 heteroatoms. The average molecular weight is 403 g/mol. The maximum Gasteiger partial charge on any atom is 0.227 e. The minimum absolute atomic E-state index is 0.170. The Labute approximate surface area is 167 Å². The minimum Gasteiger partial charge on any atom is -0.376 e. The number of rotatable bonds is 6. The molecule has 6 nitrogen and oxygen atoms in total. The molecule has 1 aromatic heterocycles. The molecular weight excluding hydrogens is 383 g/mol. The van der Waals surface area contributed by atoms with Gasteiger partial charge in [0.05, 0.1) is 11.4 Å². The van der Waals surface area contributed by atoms with E-state index in [0.29, 0.717) is 33.6 Å². The van der Waals surface area contributed by atoms with Crippen molar-refractivity contribution >= 4 is 28.9 Å². The van der Waals surface area contributed by atoms with Crippen LogP contribution in [0.15, 0.2) is 40.9 Å². The van der Waals surface area contributed by atoms with Crippen LogP contribution in [0.25, 0.3) is 11.4 Å². The van der Waals surface area contributed by atoms with Gasteiger partial charge < -0.3 is 14.7 Å². The van der Waals surface area contributed by atoms with Crippen molar-refractivity contribution < 1.29 is 13.7 Å². The third kappa shape index (κ3) is 4.67. The molecule has 146 valence electrons. The number of nitrogens with one attached hydrogen (secondary N) is 1. The van der Waals surface area contributed by atoms with Crippen LogP contribution in [0.3, 0.4) is 0 Å². The summed E-state index contributed by atoms with van der Waals surface area (Å²) < 4.78 is 18.6. The lowest BCUT2D eigenvalue weighted by Gasteiger charge is -2.18. The molecule has 3 aromatic rings. The number of amides is 1. The van der Waals surface area contributed by atoms with E-state index in [2.05, 4.69) is 15.5 Å². The first-order valence-electron chi connectivity index (χ1n) is 8.69. The number of anilines is 2. The van der Waals surface area contributed by atoms with E-state index in [1.54, 1.807) is 31.2 Å². The standard InChI is InChI=1S/C20H20ClFN4O2/c1-12-10-13(4-6-15(12)22)20-24-19(28-25-20)9-8-18(27)23-16-11-14(21)5-7-17(16)26(2)3/h4-7,10-11H,8-9H2,1-3H3,(H,23,27). The van der Waals surface area contributed by atoms with Crippen LogP contribution < -0.4 is 10.2 Å². The molecule has 1 heterocycles. The summed E-state index contributed by atoms with van der Waals surface area (Å²) in [6.45, 7) is 1.67. The first-order chi connectivity index (χ1) is 13.3. The number of carbonyl (C=O) groups is 1. The van der Waals surface area contributed by atoms with E-state index in [-0.39, 0.29) is 24.6 Å². The number of benzene rings is 2. The molecule has 0 radical (unpaired) electrons. The maximum atomic E-state index is 13.4. The number of carbonyl (C=O) groups excluding carboxylic acids is 1. The third-order valence-corrected chi connectivity index (χ3v) is 4.40. The molecule has 0 bridgehead atoms. The van der Waals surface area contributed by atoms with Gasteiger partial charge in [0.2, 0.25) is 17.6 Å². The second-order valence-electron chi connectivity index (χ2n) is 6.58. The molecule has 0 fully saturated rings. The van der Waals surface area contributed by atoms with Crippen LogP contribution >= 0.6 is 11.6 Å². The number of nitrogens with zero attached hydrogens (tertiary/aromatic N) is 3. The zero-order valence-electron chi connectivity index (χ0n) is 15.8. The maximum absolute atomic E-state index is 13.4. The second kappa shape index (κ2) is 8.39. The highest BCUT2D eigenvalue weighted by Crippen LogP contribution is 2.28. The van der Waals surface area contributed by atoms with Gasteiger partial charge in [-0.05, 0) is 48.9 Å². The van der Waals surface area contributed by atoms with Gasteiger partial charge in [0, 0.05) is 37.5 Å². The third-order valence-electron chi connectivity index (χ3n) is 4.16. The first kappa shape index (κ1) is 19.8. The summed E-state index contributed by atoms with van der Waals surface area (Å²) in [6, 6.07) is 9.92. The molecule has 3 rings (SSSR count). The van der Waals surface area contributed by atoms with E-state index in [9.17, 15) is 9.18 Å². The fourth-order valence-corrected chi connectivity index (χ4v) is 2.86. The molecule has 0 aliphatic rings. The summed E-state index contributed by atoms with van der Waals surface area (Å²) in [7, 11) is 3.77. The Morgan fingerprint density at radius 2 is 2.04 bits per heavy atom. The van der Waals surface area contributed by atoms with Gasteiger partial charge in [0.1, 0.15) is 5.82 Å². The van der Waals surface area contributed by atoms with Gasteiger partial charge in [0.15, 0.2) is 0 Å². The van der Waals surface area contributed by atoms with Gasteiger partial charge >= 0.3 is 0 Å². The van der Waals surface area contributed by atoms with E-state index < -0.39 is 0 Å². The van der Waals surface area contributed by atoms with Gasteiger partial charge in [-0.1, -0.05) is 16.8 Å². The predicted octanol–water partition coefficient (Wildman–Crippen LogP) is 4.47. The van der Waals surface area contributed by atoms with E-state index in [1.807, 2.05) is 25.1 Å². The Bertz CT molecular complexity index is 1000. The lowest BCUT2D eigenvalue weighted by atomic mass is 10.1. The molecule has 0 spiro atoms. The predicted molar refractivity (Wildman–Crippen MR) is 107 cm³/mol. The van der Waals surface area contributed by atoms with Crippen molar-refractivity contribution in [3.05, 3.63) is 58.7 Å². The first-order valence-corrected chi connectivity index (χ1v) is 9.07. The fourth-order valence-electron chi connectivity index (χ4n) is 2.69. The van der Waals surface area contributed by atoms with E-state index in [4.69, 9.17) is 16.1 Å². The summed E-state index contributed by atoms with van der Waals surface area (Å²) in [5.74, 6) is 0.222. The largest absolute Gasteiger partial charge is 0.376 e. The lowest BCUT2D eigenvalue weighted by Crippen LogP contribution is -2.17. The van der Waals surface area contributed by atoms with Crippen LogP contribution in [0.1, 0.15) is 17.9 Å². The van der Waals surface area contributed by atoms with Crippen LogP contribution in [0, 0.1) is 12.7 Å². The van der Waals surface area contributed by atoms with E-state index >= 15 is 0 Å². The molecule has 1 amide bonds. The highest BCUT2D eigenvalue weighted by atomic mass is 35.5. The Morgan fingerprint density at radius 3 is 2.75 bits per heavy atom. The minimum atomic E-state index is -0.290. The molecule has 0 aliphatic heterocycles. The van der Waals surface area contributed by atoms with Gasteiger partial charge in [-0.15, -0.1) is 0 Å². The molecule has 0 aliphatic carbocycles. The van der Waals surface area contributed by atoms with Crippen LogP contribution in [0.5, 0.6) is 0 Å². The molecule has 28 heavy (non-hydrogen) atoms. The Morgan fingerprint density at radius 1 is 1.25 bits per heavy atom. The van der Waals surface area contributed by atoms with Crippen molar-refractivity contribution in [1.29, 1.82) is 0 Å². The van der Waals surface area contributed by atoms with Crippen LogP contribution in [0.4, 0.5) is 15.8 Å². The number of hydrogen-bond acceptors (Lipinski definition) is 5. The van der Waals surface area contributed by atoms with Gasteiger partial charge in [-0.25, -0.2) is 4.39 Å². The van der Waals surface area contributed by atoms with Crippen molar-refractivity contribution in [1.82, 2.24) is 10.1 Å². The molecule has 0 atom stereocenters. The summed E-state index contributed by atoms with van der Waals surface area (Å²) >= 11 is 6.03. The van der Waals surface area contributed by atoms with Gasteiger partial charge in [0.25, 0.3) is 0 Å². The number of halogens is 2. The number of aromatic nitrogens is 2. The normalized spacial score (nSPS) is 10.8. The summed E-state index contributed by atoms with van der Waals surface area (Å²) in [6.07, 6.45) is 0.459. The smallest absolute Gasteiger partial charge is 0.227 e. The monoisotopic (exact) mass is 402 g/mol. The van der Waals surface area contributed by atoms with Gasteiger partial charge in [-0.3, -0.25) is 4.79 Å². The van der Waals surface area contributed by atoms with Crippen LogP contribution in [-0.2, 0) is 11.2 Å². The summed E-state index contributed by atoms with van der Waals surface area (Å²) in [4.78, 5) is 18.5. The lowest BCUT2D eigenvalue weighted by molar-refractivity contribution is -0.116. The number of hydrogen-bond donors (Lipinski definition) is 1. The Hall–Kier alpha value is -2.93. The summed E-state index contributed by atoms with van der Waals surface area (Å²) in [5.41, 5.74) is 2.65. The van der Waals surface area contributed by atoms with Crippen molar-refractivity contribution in [2.75, 3.05) is 24.3 Å². The van der Waals surface area contributed by atoms with Crippen molar-refractivity contribution in [3.63, 3.8) is 0 Å². The molecule has 0 saturated carbocycles. The molecule has 0 saturated heterocycles. The van der Waals surface area contributed by atoms with E-state index in [0.717, 1.165) is 5.69 Å². The topological polar surface area (TPSA) is 71.3 Å². The SMILES string of the molecule is Cc1cc(-c2noc(CCC(=O)Nc3cc(Cl)ccc3N(C)C)n2)ccc1F. The van der Waals surface area contributed by atoms with E-state index in [1.165, 1.54) is 6.07 Å². The van der Waals surface area contributed by atoms with Crippen molar-refractivity contribution in [2.45, 2.75) is 19.8 Å². The Balaban J connectivity index is 1.64. The molecule has 0 unspecified atom stereocenters. The summed E-state index contributed by atoms with van der Waals surface area (Å²) in [5, 5.41) is 7.30. The average Bonchev–Trinajstić information content (AvgIpc) is 3.11. The van der Waals surface area contributed by atoms with Crippen molar-refractivity contribution in [3.8, 4) is 11.4 Å². The second-order valence-corrected chi connectivity index (χ2v) is 7.02. The molecular formula is C20H20ClFN4O2. The zero-order valence-corrected chi connectivity index (χ0v) is 16.5. The van der Waals surface area contributed by atoms with Crippen LogP contribution in [0.2, 0.25) is 5.02 Å². The van der Waals surface area contributed by atoms with Gasteiger partial charge in [-0.2, -0.15) is 4.98 Å². The fraction of sp³-hybridized carbons (Fsp3) is 0.250. The highest BCUT2D eigenvalue weighted by Gasteiger charge is 2.13. The number of aryl methyl sites for hydroxylation is 2. The van der Waals surface area contributed by atoms with Crippen molar-refractivity contribution in [2.24, 2.45) is 0 Å². The quantitative estimate of drug-likeness (QED) is 0.658.